The number of aromatic nitrogens is 1. The number of nitrogens with zero attached hydrogens (tertiary/aromatic N) is 3. The van der Waals surface area contributed by atoms with Crippen molar-refractivity contribution in [3.8, 4) is 0 Å². The molecule has 2 aliphatic heterocycles. The van der Waals surface area contributed by atoms with Crippen LogP contribution in [0.3, 0.4) is 0 Å². The number of hydrogen-bond acceptors (Lipinski definition) is 3. The minimum atomic E-state index is -0.621. The van der Waals surface area contributed by atoms with Gasteiger partial charge in [-0.1, -0.05) is 0 Å². The second-order valence-electron chi connectivity index (χ2n) is 5.10. The lowest BCUT2D eigenvalue weighted by Gasteiger charge is -2.24. The summed E-state index contributed by atoms with van der Waals surface area (Å²) in [5.74, 6) is 1.02. The molecule has 2 aliphatic rings. The van der Waals surface area contributed by atoms with Gasteiger partial charge < -0.3 is 4.90 Å². The van der Waals surface area contributed by atoms with Gasteiger partial charge in [0.15, 0.2) is 0 Å². The lowest BCUT2D eigenvalue weighted by atomic mass is 10.2. The number of rotatable bonds is 2. The first-order chi connectivity index (χ1) is 8.72. The monoisotopic (exact) mass is 313 g/mol. The summed E-state index contributed by atoms with van der Waals surface area (Å²) in [6.07, 6.45) is 3.03. The Morgan fingerprint density at radius 1 is 1.22 bits per heavy atom. The minimum Gasteiger partial charge on any atom is -0.355 e. The Kier molecular flexibility index (Phi) is 3.52. The Hall–Kier alpha value is -0.680. The van der Waals surface area contributed by atoms with Gasteiger partial charge >= 0.3 is 0 Å². The molecule has 3 heterocycles. The van der Waals surface area contributed by atoms with Crippen LogP contribution in [0, 0.1) is 0 Å². The van der Waals surface area contributed by atoms with Crippen LogP contribution in [0.15, 0.2) is 22.8 Å². The quantitative estimate of drug-likeness (QED) is 0.836. The van der Waals surface area contributed by atoms with E-state index in [4.69, 9.17) is 0 Å². The van der Waals surface area contributed by atoms with Gasteiger partial charge in [0.1, 0.15) is 12.0 Å². The first-order valence-electron chi connectivity index (χ1n) is 6.47. The molecule has 18 heavy (non-hydrogen) atoms. The van der Waals surface area contributed by atoms with Crippen LogP contribution in [0.2, 0.25) is 0 Å². The highest BCUT2D eigenvalue weighted by Gasteiger charge is 2.33. The van der Waals surface area contributed by atoms with Crippen LogP contribution in [0.4, 0.5) is 10.2 Å². The molecular formula is C13H17BrFN3. The SMILES string of the molecule is F[C@@H]1CCN([C@@H]2CCN(c3ccc(Br)cn3)C2)C1. The third kappa shape index (κ3) is 2.52. The predicted molar refractivity (Wildman–Crippen MR) is 73.6 cm³/mol. The standard InChI is InChI=1S/C13H17BrFN3/c14-10-1-2-13(16-7-10)18-6-4-12(9-18)17-5-3-11(15)8-17/h1-2,7,11-12H,3-6,8-9H2/t11-,12-/m1/s1. The minimum absolute atomic E-state index is 0.496. The molecule has 0 amide bonds. The van der Waals surface area contributed by atoms with Crippen LogP contribution < -0.4 is 4.90 Å². The lowest BCUT2D eigenvalue weighted by Crippen LogP contribution is -2.36. The van der Waals surface area contributed by atoms with E-state index >= 15 is 0 Å². The molecule has 5 heteroatoms. The molecule has 2 saturated heterocycles. The zero-order valence-corrected chi connectivity index (χ0v) is 11.8. The lowest BCUT2D eigenvalue weighted by molar-refractivity contribution is 0.234. The van der Waals surface area contributed by atoms with Crippen molar-refractivity contribution in [2.75, 3.05) is 31.1 Å². The van der Waals surface area contributed by atoms with Gasteiger partial charge in [0, 0.05) is 42.9 Å². The van der Waals surface area contributed by atoms with Gasteiger partial charge in [0.05, 0.1) is 0 Å². The van der Waals surface area contributed by atoms with Crippen molar-refractivity contribution in [1.82, 2.24) is 9.88 Å². The Labute approximate surface area is 115 Å². The second-order valence-corrected chi connectivity index (χ2v) is 6.02. The number of halogens is 2. The summed E-state index contributed by atoms with van der Waals surface area (Å²) in [6, 6.07) is 4.55. The van der Waals surface area contributed by atoms with E-state index in [0.717, 1.165) is 36.3 Å². The molecule has 2 atom stereocenters. The molecule has 0 radical (unpaired) electrons. The Morgan fingerprint density at radius 3 is 2.78 bits per heavy atom. The number of alkyl halides is 1. The van der Waals surface area contributed by atoms with Crippen LogP contribution in [0.25, 0.3) is 0 Å². The topological polar surface area (TPSA) is 19.4 Å². The van der Waals surface area contributed by atoms with Gasteiger partial charge in [0.2, 0.25) is 0 Å². The van der Waals surface area contributed by atoms with E-state index in [1.54, 1.807) is 0 Å². The zero-order valence-electron chi connectivity index (χ0n) is 10.2. The Bertz CT molecular complexity index is 411. The molecule has 98 valence electrons. The van der Waals surface area contributed by atoms with Crippen molar-refractivity contribution in [3.05, 3.63) is 22.8 Å². The molecule has 0 bridgehead atoms. The van der Waals surface area contributed by atoms with Crippen molar-refractivity contribution < 1.29 is 4.39 Å². The van der Waals surface area contributed by atoms with E-state index in [-0.39, 0.29) is 0 Å². The molecule has 0 aromatic carbocycles. The van der Waals surface area contributed by atoms with Gasteiger partial charge in [-0.15, -0.1) is 0 Å². The summed E-state index contributed by atoms with van der Waals surface area (Å²) >= 11 is 3.40. The summed E-state index contributed by atoms with van der Waals surface area (Å²) in [5, 5.41) is 0. The second kappa shape index (κ2) is 5.13. The van der Waals surface area contributed by atoms with Crippen LogP contribution in [-0.2, 0) is 0 Å². The van der Waals surface area contributed by atoms with Gasteiger partial charge in [0.25, 0.3) is 0 Å². The summed E-state index contributed by atoms with van der Waals surface area (Å²) in [7, 11) is 0. The molecule has 2 fully saturated rings. The average molecular weight is 314 g/mol. The average Bonchev–Trinajstić information content (AvgIpc) is 2.98. The van der Waals surface area contributed by atoms with Crippen molar-refractivity contribution in [1.29, 1.82) is 0 Å². The van der Waals surface area contributed by atoms with Gasteiger partial charge in [-0.2, -0.15) is 0 Å². The smallest absolute Gasteiger partial charge is 0.128 e. The fourth-order valence-corrected chi connectivity index (χ4v) is 3.11. The summed E-state index contributed by atoms with van der Waals surface area (Å²) < 4.78 is 14.2. The Balaban J connectivity index is 1.63. The van der Waals surface area contributed by atoms with Crippen molar-refractivity contribution in [2.24, 2.45) is 0 Å². The van der Waals surface area contributed by atoms with Gasteiger partial charge in [-0.05, 0) is 40.9 Å². The Morgan fingerprint density at radius 2 is 2.11 bits per heavy atom. The highest BCUT2D eigenvalue weighted by Crippen LogP contribution is 2.25. The number of anilines is 1. The molecule has 0 unspecified atom stereocenters. The molecule has 0 spiro atoms. The summed E-state index contributed by atoms with van der Waals surface area (Å²) in [6.45, 7) is 3.52. The maximum Gasteiger partial charge on any atom is 0.128 e. The summed E-state index contributed by atoms with van der Waals surface area (Å²) in [5.41, 5.74) is 0. The van der Waals surface area contributed by atoms with E-state index in [1.807, 2.05) is 18.3 Å². The van der Waals surface area contributed by atoms with Crippen LogP contribution in [0.5, 0.6) is 0 Å². The number of likely N-dealkylation sites (tertiary alicyclic amines) is 1. The van der Waals surface area contributed by atoms with Crippen LogP contribution >= 0.6 is 15.9 Å². The van der Waals surface area contributed by atoms with Gasteiger partial charge in [-0.25, -0.2) is 9.37 Å². The van der Waals surface area contributed by atoms with E-state index in [1.165, 1.54) is 0 Å². The molecule has 3 nitrogen and oxygen atoms in total. The molecule has 3 rings (SSSR count). The first kappa shape index (κ1) is 12.4. The molecule has 1 aromatic heterocycles. The normalized spacial score (nSPS) is 29.1. The van der Waals surface area contributed by atoms with Crippen LogP contribution in [-0.4, -0.2) is 48.3 Å². The molecule has 0 N–H and O–H groups in total. The third-order valence-electron chi connectivity index (χ3n) is 3.88. The maximum absolute atomic E-state index is 13.2. The highest BCUT2D eigenvalue weighted by molar-refractivity contribution is 9.10. The van der Waals surface area contributed by atoms with E-state index in [2.05, 4.69) is 30.7 Å². The van der Waals surface area contributed by atoms with E-state index in [0.29, 0.717) is 19.0 Å². The fraction of sp³-hybridized carbons (Fsp3) is 0.615. The largest absolute Gasteiger partial charge is 0.355 e. The summed E-state index contributed by atoms with van der Waals surface area (Å²) in [4.78, 5) is 9.01. The third-order valence-corrected chi connectivity index (χ3v) is 4.35. The first-order valence-corrected chi connectivity index (χ1v) is 7.26. The molecular weight excluding hydrogens is 297 g/mol. The zero-order chi connectivity index (χ0) is 12.5. The number of hydrogen-bond donors (Lipinski definition) is 0. The van der Waals surface area contributed by atoms with Crippen LogP contribution in [0.1, 0.15) is 12.8 Å². The van der Waals surface area contributed by atoms with Gasteiger partial charge in [-0.3, -0.25) is 4.90 Å². The fourth-order valence-electron chi connectivity index (χ4n) is 2.88. The molecule has 0 saturated carbocycles. The van der Waals surface area contributed by atoms with E-state index in [9.17, 15) is 4.39 Å². The molecule has 0 aliphatic carbocycles. The predicted octanol–water partition coefficient (Wildman–Crippen LogP) is 2.47. The number of pyridine rings is 1. The van der Waals surface area contributed by atoms with E-state index < -0.39 is 6.17 Å². The highest BCUT2D eigenvalue weighted by atomic mass is 79.9. The van der Waals surface area contributed by atoms with Crippen molar-refractivity contribution in [2.45, 2.75) is 25.1 Å². The van der Waals surface area contributed by atoms with Crippen molar-refractivity contribution in [3.63, 3.8) is 0 Å². The maximum atomic E-state index is 13.2. The molecule has 1 aromatic rings. The van der Waals surface area contributed by atoms with Crippen molar-refractivity contribution >= 4 is 21.7 Å².